The van der Waals surface area contributed by atoms with Crippen LogP contribution in [0.1, 0.15) is 10.4 Å². The molecule has 0 spiro atoms. The fourth-order valence-electron chi connectivity index (χ4n) is 1.62. The van der Waals surface area contributed by atoms with Gasteiger partial charge in [0.05, 0.1) is 7.11 Å². The van der Waals surface area contributed by atoms with E-state index in [0.29, 0.717) is 5.56 Å². The summed E-state index contributed by atoms with van der Waals surface area (Å²) in [5.74, 6) is -0.00934. The number of nitrogens with two attached hydrogens (primary N) is 1. The van der Waals surface area contributed by atoms with Crippen molar-refractivity contribution in [1.82, 2.24) is 4.98 Å². The van der Waals surface area contributed by atoms with Gasteiger partial charge in [-0.1, -0.05) is 12.1 Å². The van der Waals surface area contributed by atoms with Gasteiger partial charge in [0, 0.05) is 6.20 Å². The summed E-state index contributed by atoms with van der Waals surface area (Å²) in [6.07, 6.45) is 1.54. The number of carbonyl (C=O) groups excluding carboxylic acids is 1. The number of aromatic amines is 1. The van der Waals surface area contributed by atoms with E-state index in [1.807, 2.05) is 12.1 Å². The highest BCUT2D eigenvalue weighted by molar-refractivity contribution is 5.93. The first kappa shape index (κ1) is 11.9. The van der Waals surface area contributed by atoms with E-state index in [0.717, 1.165) is 11.3 Å². The number of ether oxygens (including phenoxy) is 1. The molecular formula is C13H12N2O3. The van der Waals surface area contributed by atoms with Gasteiger partial charge in [0.1, 0.15) is 11.3 Å². The minimum absolute atomic E-state index is 0.0525. The summed E-state index contributed by atoms with van der Waals surface area (Å²) in [7, 11) is 1.58. The molecule has 2 aromatic rings. The van der Waals surface area contributed by atoms with Gasteiger partial charge in [-0.05, 0) is 29.3 Å². The number of pyridine rings is 1. The van der Waals surface area contributed by atoms with Gasteiger partial charge in [-0.15, -0.1) is 0 Å². The van der Waals surface area contributed by atoms with Crippen molar-refractivity contribution in [3.05, 3.63) is 52.4 Å². The largest absolute Gasteiger partial charge is 0.497 e. The van der Waals surface area contributed by atoms with Crippen molar-refractivity contribution >= 4 is 5.91 Å². The summed E-state index contributed by atoms with van der Waals surface area (Å²) in [6, 6.07) is 8.73. The Balaban J connectivity index is 2.47. The maximum absolute atomic E-state index is 11.4. The van der Waals surface area contributed by atoms with Crippen LogP contribution in [0.3, 0.4) is 0 Å². The molecule has 1 amide bonds. The molecule has 0 saturated carbocycles. The number of rotatable bonds is 3. The normalized spacial score (nSPS) is 10.1. The maximum atomic E-state index is 11.4. The lowest BCUT2D eigenvalue weighted by atomic mass is 10.1. The Labute approximate surface area is 103 Å². The van der Waals surface area contributed by atoms with Crippen molar-refractivity contribution in [2.75, 3.05) is 7.11 Å². The Morgan fingerprint density at radius 3 is 2.44 bits per heavy atom. The number of H-pyrrole nitrogens is 1. The molecule has 0 bridgehead atoms. The van der Waals surface area contributed by atoms with Crippen molar-refractivity contribution in [3.8, 4) is 16.9 Å². The second-order valence-electron chi connectivity index (χ2n) is 3.72. The Kier molecular flexibility index (Phi) is 3.14. The molecule has 92 valence electrons. The molecule has 0 aliphatic carbocycles. The minimum atomic E-state index is -0.744. The third kappa shape index (κ3) is 2.24. The van der Waals surface area contributed by atoms with Crippen molar-refractivity contribution in [2.45, 2.75) is 0 Å². The molecule has 1 aromatic heterocycles. The van der Waals surface area contributed by atoms with Gasteiger partial charge < -0.3 is 15.5 Å². The van der Waals surface area contributed by atoms with Crippen LogP contribution in [0.5, 0.6) is 5.75 Å². The van der Waals surface area contributed by atoms with Crippen LogP contribution in [-0.2, 0) is 0 Å². The van der Waals surface area contributed by atoms with E-state index in [4.69, 9.17) is 10.5 Å². The third-order valence-corrected chi connectivity index (χ3v) is 2.59. The van der Waals surface area contributed by atoms with Crippen LogP contribution in [0.2, 0.25) is 0 Å². The number of aromatic nitrogens is 1. The van der Waals surface area contributed by atoms with Gasteiger partial charge in [-0.25, -0.2) is 0 Å². The van der Waals surface area contributed by atoms with Crippen molar-refractivity contribution in [2.24, 2.45) is 5.73 Å². The van der Waals surface area contributed by atoms with Gasteiger partial charge in [-0.2, -0.15) is 0 Å². The molecular weight excluding hydrogens is 232 g/mol. The zero-order valence-corrected chi connectivity index (χ0v) is 9.77. The van der Waals surface area contributed by atoms with E-state index in [2.05, 4.69) is 4.98 Å². The zero-order valence-electron chi connectivity index (χ0n) is 9.77. The van der Waals surface area contributed by atoms with Gasteiger partial charge in [0.2, 0.25) is 0 Å². The molecule has 0 saturated heterocycles. The average Bonchev–Trinajstić information content (AvgIpc) is 2.39. The van der Waals surface area contributed by atoms with E-state index >= 15 is 0 Å². The van der Waals surface area contributed by atoms with Crippen LogP contribution in [-0.4, -0.2) is 18.0 Å². The first-order chi connectivity index (χ1) is 8.61. The monoisotopic (exact) mass is 244 g/mol. The summed E-state index contributed by atoms with van der Waals surface area (Å²) in [4.78, 5) is 24.9. The molecule has 0 aliphatic rings. The van der Waals surface area contributed by atoms with Gasteiger partial charge in [0.15, 0.2) is 0 Å². The predicted octanol–water partition coefficient (Wildman–Crippen LogP) is 1.15. The number of primary amides is 1. The van der Waals surface area contributed by atoms with Crippen LogP contribution in [0, 0.1) is 0 Å². The van der Waals surface area contributed by atoms with Crippen molar-refractivity contribution < 1.29 is 9.53 Å². The van der Waals surface area contributed by atoms with Crippen molar-refractivity contribution in [3.63, 3.8) is 0 Å². The van der Waals surface area contributed by atoms with E-state index < -0.39 is 11.5 Å². The number of methoxy groups -OCH3 is 1. The third-order valence-electron chi connectivity index (χ3n) is 2.59. The summed E-state index contributed by atoms with van der Waals surface area (Å²) < 4.78 is 5.05. The lowest BCUT2D eigenvalue weighted by molar-refractivity contribution is 0.0999. The molecule has 0 unspecified atom stereocenters. The van der Waals surface area contributed by atoms with Crippen LogP contribution in [0.4, 0.5) is 0 Å². The Morgan fingerprint density at radius 2 is 1.89 bits per heavy atom. The minimum Gasteiger partial charge on any atom is -0.497 e. The molecule has 5 heteroatoms. The second kappa shape index (κ2) is 4.75. The number of carbonyl (C=O) groups is 1. The fourth-order valence-corrected chi connectivity index (χ4v) is 1.62. The quantitative estimate of drug-likeness (QED) is 0.849. The molecule has 1 aromatic carbocycles. The first-order valence-electron chi connectivity index (χ1n) is 5.29. The molecule has 0 aliphatic heterocycles. The number of amides is 1. The second-order valence-corrected chi connectivity index (χ2v) is 3.72. The van der Waals surface area contributed by atoms with Crippen LogP contribution >= 0.6 is 0 Å². The highest BCUT2D eigenvalue weighted by atomic mass is 16.5. The molecule has 2 rings (SSSR count). The first-order valence-corrected chi connectivity index (χ1v) is 5.29. The number of nitrogens with one attached hydrogen (secondary N) is 1. The summed E-state index contributed by atoms with van der Waals surface area (Å²) in [6.45, 7) is 0. The molecule has 1 heterocycles. The average molecular weight is 244 g/mol. The highest BCUT2D eigenvalue weighted by Crippen LogP contribution is 2.21. The Morgan fingerprint density at radius 1 is 1.22 bits per heavy atom. The molecule has 5 nitrogen and oxygen atoms in total. The van der Waals surface area contributed by atoms with Crippen LogP contribution < -0.4 is 16.0 Å². The molecule has 3 N–H and O–H groups in total. The zero-order chi connectivity index (χ0) is 13.1. The van der Waals surface area contributed by atoms with Gasteiger partial charge >= 0.3 is 0 Å². The molecule has 0 atom stereocenters. The Bertz CT molecular complexity index is 629. The number of benzene rings is 1. The van der Waals surface area contributed by atoms with Crippen molar-refractivity contribution in [1.29, 1.82) is 0 Å². The fraction of sp³-hybridized carbons (Fsp3) is 0.0769. The lowest BCUT2D eigenvalue weighted by Gasteiger charge is -2.04. The topological polar surface area (TPSA) is 85.2 Å². The molecule has 0 fully saturated rings. The van der Waals surface area contributed by atoms with E-state index in [1.54, 1.807) is 19.2 Å². The van der Waals surface area contributed by atoms with Crippen LogP contribution in [0.25, 0.3) is 11.1 Å². The van der Waals surface area contributed by atoms with E-state index in [1.165, 1.54) is 12.3 Å². The number of hydrogen-bond donors (Lipinski definition) is 2. The standard InChI is InChI=1S/C13H12N2O3/c1-18-10-4-2-8(3-5-10)9-6-11(12(14)16)13(17)15-7-9/h2-7H,1H3,(H2,14,16)(H,15,17). The van der Waals surface area contributed by atoms with Gasteiger partial charge in [0.25, 0.3) is 11.5 Å². The summed E-state index contributed by atoms with van der Waals surface area (Å²) >= 11 is 0. The number of hydrogen-bond acceptors (Lipinski definition) is 3. The highest BCUT2D eigenvalue weighted by Gasteiger charge is 2.08. The smallest absolute Gasteiger partial charge is 0.260 e. The van der Waals surface area contributed by atoms with E-state index in [9.17, 15) is 9.59 Å². The lowest BCUT2D eigenvalue weighted by Crippen LogP contribution is -2.23. The molecule has 18 heavy (non-hydrogen) atoms. The maximum Gasteiger partial charge on any atom is 0.260 e. The molecule has 0 radical (unpaired) electrons. The van der Waals surface area contributed by atoms with Gasteiger partial charge in [-0.3, -0.25) is 9.59 Å². The van der Waals surface area contributed by atoms with E-state index in [-0.39, 0.29) is 5.56 Å². The Hall–Kier alpha value is -2.56. The SMILES string of the molecule is COc1ccc(-c2c[nH]c(=O)c(C(N)=O)c2)cc1. The van der Waals surface area contributed by atoms with Crippen LogP contribution in [0.15, 0.2) is 41.3 Å². The summed E-state index contributed by atoms with van der Waals surface area (Å²) in [5, 5.41) is 0. The summed E-state index contributed by atoms with van der Waals surface area (Å²) in [5.41, 5.74) is 6.16. The predicted molar refractivity (Wildman–Crippen MR) is 67.6 cm³/mol.